The lowest BCUT2D eigenvalue weighted by Crippen LogP contribution is -1.90. The van der Waals surface area contributed by atoms with E-state index in [4.69, 9.17) is 4.74 Å². The predicted octanol–water partition coefficient (Wildman–Crippen LogP) is 4.03. The van der Waals surface area contributed by atoms with Crippen LogP contribution in [-0.4, -0.2) is 37.8 Å². The number of aldehydes is 1. The summed E-state index contributed by atoms with van der Waals surface area (Å²) >= 11 is 0. The van der Waals surface area contributed by atoms with Crippen molar-refractivity contribution in [3.8, 4) is 28.4 Å². The molecule has 25 heavy (non-hydrogen) atoms. The zero-order valence-corrected chi connectivity index (χ0v) is 14.6. The molecule has 0 spiro atoms. The van der Waals surface area contributed by atoms with E-state index in [0.29, 0.717) is 28.7 Å². The quantitative estimate of drug-likeness (QED) is 0.821. The second-order valence-corrected chi connectivity index (χ2v) is 5.72. The van der Waals surface area contributed by atoms with E-state index in [1.165, 1.54) is 24.8 Å². The number of rotatable bonds is 4. The highest BCUT2D eigenvalue weighted by Gasteiger charge is 2.17. The van der Waals surface area contributed by atoms with Crippen molar-refractivity contribution in [2.24, 2.45) is 0 Å². The van der Waals surface area contributed by atoms with Gasteiger partial charge in [0.2, 0.25) is 0 Å². The van der Waals surface area contributed by atoms with Crippen molar-refractivity contribution in [3.05, 3.63) is 47.0 Å². The molecule has 2 N–H and O–H groups in total. The summed E-state index contributed by atoms with van der Waals surface area (Å²) in [6, 6.07) is 8.05. The van der Waals surface area contributed by atoms with E-state index >= 15 is 0 Å². The van der Waals surface area contributed by atoms with Crippen LogP contribution in [-0.2, 0) is 4.74 Å². The van der Waals surface area contributed by atoms with Gasteiger partial charge in [-0.3, -0.25) is 4.79 Å². The number of benzene rings is 2. The molecule has 0 radical (unpaired) electrons. The Morgan fingerprint density at radius 2 is 1.60 bits per heavy atom. The summed E-state index contributed by atoms with van der Waals surface area (Å²) in [4.78, 5) is 11.0. The van der Waals surface area contributed by atoms with Gasteiger partial charge in [0.05, 0.1) is 7.11 Å². The lowest BCUT2D eigenvalue weighted by molar-refractivity contribution is 0.112. The molecular weight excluding hydrogens is 320 g/mol. The van der Waals surface area contributed by atoms with E-state index in [9.17, 15) is 15.0 Å². The number of hydrogen-bond donors (Lipinski definition) is 2. The topological polar surface area (TPSA) is 76.0 Å². The van der Waals surface area contributed by atoms with Gasteiger partial charge in [-0.05, 0) is 48.7 Å². The highest BCUT2D eigenvalue weighted by molar-refractivity contribution is 5.85. The molecule has 3 rings (SSSR count). The molecule has 0 bridgehead atoms. The van der Waals surface area contributed by atoms with E-state index in [-0.39, 0.29) is 11.5 Å². The molecule has 1 saturated carbocycles. The number of phenolic OH excluding ortho intramolecular Hbond substituents is 2. The van der Waals surface area contributed by atoms with Gasteiger partial charge in [-0.25, -0.2) is 0 Å². The van der Waals surface area contributed by atoms with Crippen LogP contribution in [0.2, 0.25) is 0 Å². The molecule has 132 valence electrons. The van der Waals surface area contributed by atoms with Crippen LogP contribution in [0.4, 0.5) is 0 Å². The molecule has 1 aliphatic carbocycles. The van der Waals surface area contributed by atoms with Gasteiger partial charge in [-0.15, -0.1) is 0 Å². The van der Waals surface area contributed by atoms with Crippen LogP contribution < -0.4 is 4.74 Å². The molecular formula is C20H22O5. The van der Waals surface area contributed by atoms with E-state index in [0.717, 1.165) is 18.4 Å². The molecule has 5 nitrogen and oxygen atoms in total. The summed E-state index contributed by atoms with van der Waals surface area (Å²) in [6.07, 6.45) is 4.92. The first kappa shape index (κ1) is 18.5. The van der Waals surface area contributed by atoms with Crippen molar-refractivity contribution in [1.29, 1.82) is 0 Å². The molecule has 0 saturated heterocycles. The zero-order valence-electron chi connectivity index (χ0n) is 14.6. The Kier molecular flexibility index (Phi) is 6.19. The molecule has 1 aliphatic rings. The Morgan fingerprint density at radius 3 is 2.16 bits per heavy atom. The maximum absolute atomic E-state index is 11.0. The Labute approximate surface area is 147 Å². The van der Waals surface area contributed by atoms with Gasteiger partial charge in [-0.2, -0.15) is 0 Å². The van der Waals surface area contributed by atoms with Crippen molar-refractivity contribution in [1.82, 2.24) is 0 Å². The summed E-state index contributed by atoms with van der Waals surface area (Å²) in [6.45, 7) is 0. The first-order valence-electron chi connectivity index (χ1n) is 7.83. The first-order valence-corrected chi connectivity index (χ1v) is 7.83. The normalized spacial score (nSPS) is 12.0. The number of allylic oxidation sites excluding steroid dienone is 1. The second-order valence-electron chi connectivity index (χ2n) is 5.72. The highest BCUT2D eigenvalue weighted by atomic mass is 16.5. The van der Waals surface area contributed by atoms with Crippen molar-refractivity contribution >= 4 is 12.4 Å². The minimum absolute atomic E-state index is 0.000761. The summed E-state index contributed by atoms with van der Waals surface area (Å²) in [5, 5.41) is 20.4. The number of carbonyl (C=O) groups is 1. The van der Waals surface area contributed by atoms with E-state index in [1.54, 1.807) is 32.4 Å². The molecule has 2 aromatic rings. The largest absolute Gasteiger partial charge is 0.507 e. The van der Waals surface area contributed by atoms with Crippen LogP contribution >= 0.6 is 0 Å². The molecule has 0 unspecified atom stereocenters. The van der Waals surface area contributed by atoms with Crippen LogP contribution in [0.5, 0.6) is 17.2 Å². The SMILES string of the molecule is COC.COc1cc(C=C2CC2)cc(-c2cc(C=O)ccc2O)c1O. The number of hydrogen-bond acceptors (Lipinski definition) is 5. The predicted molar refractivity (Wildman–Crippen MR) is 97.3 cm³/mol. The third kappa shape index (κ3) is 4.61. The lowest BCUT2D eigenvalue weighted by atomic mass is 9.98. The van der Waals surface area contributed by atoms with Crippen LogP contribution in [0.3, 0.4) is 0 Å². The molecule has 1 fully saturated rings. The van der Waals surface area contributed by atoms with Gasteiger partial charge >= 0.3 is 0 Å². The monoisotopic (exact) mass is 342 g/mol. The van der Waals surface area contributed by atoms with Crippen molar-refractivity contribution in [2.75, 3.05) is 21.3 Å². The van der Waals surface area contributed by atoms with E-state index in [1.807, 2.05) is 6.08 Å². The fourth-order valence-electron chi connectivity index (χ4n) is 2.37. The maximum Gasteiger partial charge on any atom is 0.165 e. The molecule has 0 aromatic heterocycles. The Hall–Kier alpha value is -2.79. The molecule has 0 aliphatic heterocycles. The number of ether oxygens (including phenoxy) is 2. The Bertz CT molecular complexity index is 787. The average molecular weight is 342 g/mol. The van der Waals surface area contributed by atoms with E-state index < -0.39 is 0 Å². The van der Waals surface area contributed by atoms with Crippen molar-refractivity contribution in [2.45, 2.75) is 12.8 Å². The fraction of sp³-hybridized carbons (Fsp3) is 0.250. The van der Waals surface area contributed by atoms with Crippen LogP contribution in [0, 0.1) is 0 Å². The molecule has 0 heterocycles. The smallest absolute Gasteiger partial charge is 0.165 e. The second kappa shape index (κ2) is 8.35. The Morgan fingerprint density at radius 1 is 0.960 bits per heavy atom. The summed E-state index contributed by atoms with van der Waals surface area (Å²) < 4.78 is 9.47. The fourth-order valence-corrected chi connectivity index (χ4v) is 2.37. The van der Waals surface area contributed by atoms with Gasteiger partial charge in [0.25, 0.3) is 0 Å². The minimum atomic E-state index is -0.0567. The van der Waals surface area contributed by atoms with Crippen LogP contribution in [0.15, 0.2) is 35.9 Å². The molecule has 5 heteroatoms. The van der Waals surface area contributed by atoms with Crippen molar-refractivity contribution in [3.63, 3.8) is 0 Å². The highest BCUT2D eigenvalue weighted by Crippen LogP contribution is 2.43. The Balaban J connectivity index is 0.000000701. The van der Waals surface area contributed by atoms with Gasteiger partial charge in [-0.1, -0.05) is 11.6 Å². The average Bonchev–Trinajstić information content (AvgIpc) is 3.41. The third-order valence-corrected chi connectivity index (χ3v) is 3.67. The standard InChI is InChI=1S/C18H16O4.C2H6O/c1-22-17-9-13(6-11-2-3-11)8-15(18(17)21)14-7-12(10-19)4-5-16(14)20;1-3-2/h4-10,20-21H,2-3H2,1H3;1-2H3. The number of aromatic hydroxyl groups is 2. The number of carbonyl (C=O) groups excluding carboxylic acids is 1. The summed E-state index contributed by atoms with van der Waals surface area (Å²) in [5.74, 6) is 0.277. The van der Waals surface area contributed by atoms with Crippen LogP contribution in [0.25, 0.3) is 17.2 Å². The molecule has 0 atom stereocenters. The number of phenols is 2. The zero-order chi connectivity index (χ0) is 18.4. The molecule has 0 amide bonds. The maximum atomic E-state index is 11.0. The van der Waals surface area contributed by atoms with E-state index in [2.05, 4.69) is 4.74 Å². The van der Waals surface area contributed by atoms with Gasteiger partial charge < -0.3 is 19.7 Å². The van der Waals surface area contributed by atoms with Crippen molar-refractivity contribution < 1.29 is 24.5 Å². The number of methoxy groups -OCH3 is 2. The minimum Gasteiger partial charge on any atom is -0.507 e. The van der Waals surface area contributed by atoms with Crippen LogP contribution in [0.1, 0.15) is 28.8 Å². The van der Waals surface area contributed by atoms with Gasteiger partial charge in [0, 0.05) is 30.9 Å². The van der Waals surface area contributed by atoms with Gasteiger partial charge in [0.1, 0.15) is 12.0 Å². The summed E-state index contributed by atoms with van der Waals surface area (Å²) in [5.41, 5.74) is 3.50. The van der Waals surface area contributed by atoms with Gasteiger partial charge in [0.15, 0.2) is 11.5 Å². The third-order valence-electron chi connectivity index (χ3n) is 3.67. The lowest BCUT2D eigenvalue weighted by Gasteiger charge is -2.12. The summed E-state index contributed by atoms with van der Waals surface area (Å²) in [7, 11) is 4.73. The first-order chi connectivity index (χ1) is 12.0. The molecule has 2 aromatic carbocycles.